The number of carbonyl (C=O) groups is 2. The summed E-state index contributed by atoms with van der Waals surface area (Å²) in [6, 6.07) is 3.90. The van der Waals surface area contributed by atoms with Crippen molar-refractivity contribution in [3.8, 4) is 0 Å². The summed E-state index contributed by atoms with van der Waals surface area (Å²) in [5.41, 5.74) is 0.119. The van der Waals surface area contributed by atoms with Crippen molar-refractivity contribution in [3.05, 3.63) is 33.9 Å². The summed E-state index contributed by atoms with van der Waals surface area (Å²) < 4.78 is 32.4. The van der Waals surface area contributed by atoms with Crippen LogP contribution >= 0.6 is 0 Å². The van der Waals surface area contributed by atoms with Crippen molar-refractivity contribution in [2.45, 2.75) is 56.6 Å². The Morgan fingerprint density at radius 1 is 1.23 bits per heavy atom. The highest BCUT2D eigenvalue weighted by atomic mass is 32.2. The molecule has 1 aliphatic heterocycles. The van der Waals surface area contributed by atoms with Crippen LogP contribution in [0.3, 0.4) is 0 Å². The zero-order valence-corrected chi connectivity index (χ0v) is 17.7. The summed E-state index contributed by atoms with van der Waals surface area (Å²) in [5.74, 6) is -1.34. The number of piperidine rings is 1. The molecular weight excluding hydrogens is 414 g/mol. The van der Waals surface area contributed by atoms with Gasteiger partial charge in [0.2, 0.25) is 10.0 Å². The van der Waals surface area contributed by atoms with Crippen molar-refractivity contribution >= 4 is 27.6 Å². The van der Waals surface area contributed by atoms with Crippen LogP contribution in [0.5, 0.6) is 0 Å². The molecule has 0 spiro atoms. The van der Waals surface area contributed by atoms with Crippen LogP contribution in [0, 0.1) is 23.0 Å². The molecule has 30 heavy (non-hydrogen) atoms. The Morgan fingerprint density at radius 3 is 2.43 bits per heavy atom. The Morgan fingerprint density at radius 2 is 1.87 bits per heavy atom. The minimum atomic E-state index is -3.93. The number of ether oxygens (including phenoxy) is 1. The third kappa shape index (κ3) is 4.96. The second-order valence-electron chi connectivity index (χ2n) is 7.75. The molecule has 10 nitrogen and oxygen atoms in total. The Labute approximate surface area is 174 Å². The SMILES string of the molecule is Cc1ccc([N+](=O)[O-])cc1S(=O)(=O)N1CCC(C(=O)O[C@@H](C)C(=O)NC2CC2)CC1. The Kier molecular flexibility index (Phi) is 6.41. The lowest BCUT2D eigenvalue weighted by Crippen LogP contribution is -2.42. The van der Waals surface area contributed by atoms with E-state index in [9.17, 15) is 28.1 Å². The maximum Gasteiger partial charge on any atom is 0.309 e. The fourth-order valence-electron chi connectivity index (χ4n) is 3.32. The number of nitrogens with one attached hydrogen (secondary N) is 1. The molecule has 0 unspecified atom stereocenters. The number of hydrogen-bond acceptors (Lipinski definition) is 7. The van der Waals surface area contributed by atoms with Crippen LogP contribution in [-0.4, -0.2) is 54.8 Å². The molecule has 1 aromatic carbocycles. The molecule has 11 heteroatoms. The van der Waals surface area contributed by atoms with E-state index in [1.165, 1.54) is 23.4 Å². The lowest BCUT2D eigenvalue weighted by Gasteiger charge is -2.30. The fourth-order valence-corrected chi connectivity index (χ4v) is 5.04. The van der Waals surface area contributed by atoms with Crippen molar-refractivity contribution < 1.29 is 27.7 Å². The minimum absolute atomic E-state index is 0.0902. The number of benzene rings is 1. The Balaban J connectivity index is 1.60. The monoisotopic (exact) mass is 439 g/mol. The van der Waals surface area contributed by atoms with E-state index in [2.05, 4.69) is 5.32 Å². The predicted molar refractivity (Wildman–Crippen MR) is 106 cm³/mol. The summed E-state index contributed by atoms with van der Waals surface area (Å²) in [6.07, 6.45) is 1.48. The second kappa shape index (κ2) is 8.68. The number of esters is 1. The van der Waals surface area contributed by atoms with E-state index in [0.717, 1.165) is 18.9 Å². The molecule has 0 bridgehead atoms. The fraction of sp³-hybridized carbons (Fsp3) is 0.579. The normalized spacial score (nSPS) is 19.1. The zero-order chi connectivity index (χ0) is 22.1. The van der Waals surface area contributed by atoms with Crippen LogP contribution in [-0.2, 0) is 24.3 Å². The molecule has 3 rings (SSSR count). The first-order chi connectivity index (χ1) is 14.1. The molecule has 1 N–H and O–H groups in total. The van der Waals surface area contributed by atoms with Crippen molar-refractivity contribution in [2.24, 2.45) is 5.92 Å². The number of hydrogen-bond donors (Lipinski definition) is 1. The van der Waals surface area contributed by atoms with E-state index in [0.29, 0.717) is 5.56 Å². The highest BCUT2D eigenvalue weighted by Crippen LogP contribution is 2.29. The smallest absolute Gasteiger partial charge is 0.309 e. The number of sulfonamides is 1. The topological polar surface area (TPSA) is 136 Å². The van der Waals surface area contributed by atoms with Crippen molar-refractivity contribution in [1.82, 2.24) is 9.62 Å². The summed E-state index contributed by atoms with van der Waals surface area (Å²) in [7, 11) is -3.93. The average molecular weight is 439 g/mol. The van der Waals surface area contributed by atoms with Crippen LogP contribution in [0.1, 0.15) is 38.2 Å². The Bertz CT molecular complexity index is 951. The van der Waals surface area contributed by atoms with Gasteiger partial charge in [-0.3, -0.25) is 19.7 Å². The third-order valence-electron chi connectivity index (χ3n) is 5.37. The van der Waals surface area contributed by atoms with Gasteiger partial charge in [-0.2, -0.15) is 4.31 Å². The maximum absolute atomic E-state index is 13.0. The van der Waals surface area contributed by atoms with Gasteiger partial charge >= 0.3 is 5.97 Å². The first-order valence-electron chi connectivity index (χ1n) is 9.85. The van der Waals surface area contributed by atoms with Crippen molar-refractivity contribution in [1.29, 1.82) is 0 Å². The van der Waals surface area contributed by atoms with Gasteiger partial charge in [0.05, 0.1) is 15.7 Å². The number of rotatable bonds is 7. The van der Waals surface area contributed by atoms with E-state index in [1.54, 1.807) is 6.92 Å². The predicted octanol–water partition coefficient (Wildman–Crippen LogP) is 1.51. The second-order valence-corrected chi connectivity index (χ2v) is 9.65. The maximum atomic E-state index is 13.0. The summed E-state index contributed by atoms with van der Waals surface area (Å²) in [5, 5.41) is 13.8. The van der Waals surface area contributed by atoms with E-state index in [4.69, 9.17) is 4.74 Å². The zero-order valence-electron chi connectivity index (χ0n) is 16.9. The van der Waals surface area contributed by atoms with E-state index < -0.39 is 32.9 Å². The number of aryl methyl sites for hydroxylation is 1. The van der Waals surface area contributed by atoms with Gasteiger partial charge in [0.1, 0.15) is 0 Å². The van der Waals surface area contributed by atoms with Crippen LogP contribution in [0.25, 0.3) is 0 Å². The van der Waals surface area contributed by atoms with Crippen molar-refractivity contribution in [3.63, 3.8) is 0 Å². The summed E-state index contributed by atoms with van der Waals surface area (Å²) in [6.45, 7) is 3.27. The molecule has 1 amide bonds. The average Bonchev–Trinajstić information content (AvgIpc) is 3.52. The van der Waals surface area contributed by atoms with Crippen molar-refractivity contribution in [2.75, 3.05) is 13.1 Å². The molecule has 1 heterocycles. The van der Waals surface area contributed by atoms with Crippen LogP contribution in [0.15, 0.2) is 23.1 Å². The van der Waals surface area contributed by atoms with Crippen LogP contribution < -0.4 is 5.32 Å². The first-order valence-corrected chi connectivity index (χ1v) is 11.3. The van der Waals surface area contributed by atoms with E-state index in [1.807, 2.05) is 0 Å². The molecule has 2 fully saturated rings. The van der Waals surface area contributed by atoms with Gasteiger partial charge in [-0.1, -0.05) is 6.07 Å². The molecule has 1 aliphatic carbocycles. The molecule has 1 saturated heterocycles. The lowest BCUT2D eigenvalue weighted by atomic mass is 9.98. The summed E-state index contributed by atoms with van der Waals surface area (Å²) >= 11 is 0. The summed E-state index contributed by atoms with van der Waals surface area (Å²) in [4.78, 5) is 34.6. The molecule has 164 valence electrons. The highest BCUT2D eigenvalue weighted by molar-refractivity contribution is 7.89. The van der Waals surface area contributed by atoms with Gasteiger partial charge in [0.25, 0.3) is 11.6 Å². The Hall–Kier alpha value is -2.53. The molecular formula is C19H25N3O7S. The standard InChI is InChI=1S/C19H25N3O7S/c1-12-3-6-16(22(25)26)11-17(12)30(27,28)21-9-7-14(8-10-21)19(24)29-13(2)18(23)20-15-4-5-15/h3,6,11,13-15H,4-5,7-10H2,1-2H3,(H,20,23)/t13-/m0/s1. The van der Waals surface area contributed by atoms with Gasteiger partial charge in [-0.15, -0.1) is 0 Å². The highest BCUT2D eigenvalue weighted by Gasteiger charge is 2.35. The minimum Gasteiger partial charge on any atom is -0.452 e. The number of nitro benzene ring substituents is 1. The van der Waals surface area contributed by atoms with E-state index in [-0.39, 0.29) is 48.5 Å². The number of nitro groups is 1. The van der Waals surface area contributed by atoms with Gasteiger partial charge in [0, 0.05) is 31.3 Å². The van der Waals surface area contributed by atoms with Gasteiger partial charge in [0.15, 0.2) is 6.10 Å². The number of nitrogens with zero attached hydrogens (tertiary/aromatic N) is 2. The molecule has 0 radical (unpaired) electrons. The first kappa shape index (κ1) is 22.2. The molecule has 2 aliphatic rings. The van der Waals surface area contributed by atoms with Gasteiger partial charge < -0.3 is 10.1 Å². The lowest BCUT2D eigenvalue weighted by molar-refractivity contribution is -0.385. The van der Waals surface area contributed by atoms with Gasteiger partial charge in [-0.05, 0) is 45.1 Å². The quantitative estimate of drug-likeness (QED) is 0.386. The number of carbonyl (C=O) groups excluding carboxylic acids is 2. The largest absolute Gasteiger partial charge is 0.452 e. The number of non-ortho nitro benzene ring substituents is 1. The molecule has 1 saturated carbocycles. The molecule has 0 aromatic heterocycles. The number of amides is 1. The van der Waals surface area contributed by atoms with Gasteiger partial charge in [-0.25, -0.2) is 8.42 Å². The van der Waals surface area contributed by atoms with Crippen LogP contribution in [0.2, 0.25) is 0 Å². The molecule has 1 atom stereocenters. The molecule has 1 aromatic rings. The van der Waals surface area contributed by atoms with E-state index >= 15 is 0 Å². The third-order valence-corrected chi connectivity index (χ3v) is 7.41. The van der Waals surface area contributed by atoms with Crippen LogP contribution in [0.4, 0.5) is 5.69 Å².